The molecule has 0 N–H and O–H groups in total. The second kappa shape index (κ2) is 7.67. The third-order valence-corrected chi connectivity index (χ3v) is 3.10. The van der Waals surface area contributed by atoms with Crippen molar-refractivity contribution >= 4 is 11.9 Å². The summed E-state index contributed by atoms with van der Waals surface area (Å²) in [4.78, 5) is 24.0. The van der Waals surface area contributed by atoms with Crippen molar-refractivity contribution in [1.29, 1.82) is 0 Å². The Morgan fingerprint density at radius 1 is 1.33 bits per heavy atom. The van der Waals surface area contributed by atoms with Gasteiger partial charge in [-0.25, -0.2) is 9.59 Å². The highest BCUT2D eigenvalue weighted by Crippen LogP contribution is 2.37. The van der Waals surface area contributed by atoms with Gasteiger partial charge in [-0.05, 0) is 33.1 Å². The van der Waals surface area contributed by atoms with E-state index in [4.69, 9.17) is 14.2 Å². The average Bonchev–Trinajstić information content (AvgIpc) is 2.69. The maximum Gasteiger partial charge on any atom is 0.350 e. The van der Waals surface area contributed by atoms with Gasteiger partial charge in [0.15, 0.2) is 16.9 Å². The first-order chi connectivity index (χ1) is 10.00. The maximum absolute atomic E-state index is 12.0. The largest absolute Gasteiger partial charge is 0.492 e. The van der Waals surface area contributed by atoms with Gasteiger partial charge in [0.25, 0.3) is 0 Å². The second-order valence-electron chi connectivity index (χ2n) is 4.80. The Bertz CT molecular complexity index is 463. The van der Waals surface area contributed by atoms with Gasteiger partial charge in [0.05, 0.1) is 13.2 Å². The molecule has 5 heteroatoms. The van der Waals surface area contributed by atoms with Crippen LogP contribution >= 0.6 is 0 Å². The fourth-order valence-corrected chi connectivity index (χ4v) is 2.05. The van der Waals surface area contributed by atoms with Crippen molar-refractivity contribution in [2.75, 3.05) is 13.2 Å². The predicted octanol–water partition coefficient (Wildman–Crippen LogP) is 2.68. The van der Waals surface area contributed by atoms with Gasteiger partial charge >= 0.3 is 11.9 Å². The Morgan fingerprint density at radius 2 is 2.00 bits per heavy atom. The van der Waals surface area contributed by atoms with E-state index in [1.165, 1.54) is 0 Å². The van der Waals surface area contributed by atoms with Crippen molar-refractivity contribution < 1.29 is 23.8 Å². The van der Waals surface area contributed by atoms with Crippen LogP contribution in [0.25, 0.3) is 0 Å². The lowest BCUT2D eigenvalue weighted by Gasteiger charge is -2.25. The number of hydrogen-bond donors (Lipinski definition) is 0. The molecule has 0 radical (unpaired) electrons. The van der Waals surface area contributed by atoms with E-state index in [2.05, 4.69) is 13.2 Å². The van der Waals surface area contributed by atoms with Crippen molar-refractivity contribution in [2.45, 2.75) is 38.7 Å². The lowest BCUT2D eigenvalue weighted by atomic mass is 9.96. The summed E-state index contributed by atoms with van der Waals surface area (Å²) >= 11 is 0. The molecule has 0 amide bonds. The van der Waals surface area contributed by atoms with Crippen LogP contribution in [0, 0.1) is 0 Å². The summed E-state index contributed by atoms with van der Waals surface area (Å²) in [6.07, 6.45) is 5.15. The third kappa shape index (κ3) is 3.97. The molecule has 0 bridgehead atoms. The first-order valence-corrected chi connectivity index (χ1v) is 7.00. The van der Waals surface area contributed by atoms with Gasteiger partial charge in [0.2, 0.25) is 0 Å². The number of hydrogen-bond acceptors (Lipinski definition) is 5. The molecule has 0 saturated heterocycles. The van der Waals surface area contributed by atoms with Crippen LogP contribution in [0.15, 0.2) is 36.6 Å². The van der Waals surface area contributed by atoms with E-state index < -0.39 is 17.5 Å². The van der Waals surface area contributed by atoms with Crippen LogP contribution in [0.1, 0.15) is 33.1 Å². The van der Waals surface area contributed by atoms with Gasteiger partial charge in [-0.1, -0.05) is 12.2 Å². The highest BCUT2D eigenvalue weighted by atomic mass is 16.6. The summed E-state index contributed by atoms with van der Waals surface area (Å²) in [5.41, 5.74) is -1.11. The molecule has 0 aromatic heterocycles. The molecule has 0 fully saturated rings. The lowest BCUT2D eigenvalue weighted by molar-refractivity contribution is -0.150. The second-order valence-corrected chi connectivity index (χ2v) is 4.80. The number of ether oxygens (including phenoxy) is 3. The zero-order valence-electron chi connectivity index (χ0n) is 12.6. The Morgan fingerprint density at radius 3 is 2.57 bits per heavy atom. The Labute approximate surface area is 125 Å². The molecule has 0 aliphatic carbocycles. The monoisotopic (exact) mass is 294 g/mol. The summed E-state index contributed by atoms with van der Waals surface area (Å²) in [5.74, 6) is -1.17. The SMILES string of the molecule is C=CCCOC1=C(C(=O)OCC)C(=O)O[C@]1(C)CCC=C. The van der Waals surface area contributed by atoms with Crippen LogP contribution in [-0.4, -0.2) is 30.8 Å². The van der Waals surface area contributed by atoms with Gasteiger partial charge in [-0.3, -0.25) is 0 Å². The van der Waals surface area contributed by atoms with Gasteiger partial charge in [0.1, 0.15) is 0 Å². The molecule has 5 nitrogen and oxygen atoms in total. The van der Waals surface area contributed by atoms with Crippen LogP contribution in [0.3, 0.4) is 0 Å². The molecule has 1 heterocycles. The number of carbonyl (C=O) groups excluding carboxylic acids is 2. The first kappa shape index (κ1) is 17.0. The number of carbonyl (C=O) groups is 2. The summed E-state index contributed by atoms with van der Waals surface area (Å²) in [6.45, 7) is 11.2. The van der Waals surface area contributed by atoms with Crippen molar-refractivity contribution in [1.82, 2.24) is 0 Å². The summed E-state index contributed by atoms with van der Waals surface area (Å²) in [7, 11) is 0. The lowest BCUT2D eigenvalue weighted by Crippen LogP contribution is -2.29. The van der Waals surface area contributed by atoms with E-state index in [0.717, 1.165) is 0 Å². The first-order valence-electron chi connectivity index (χ1n) is 7.00. The summed E-state index contributed by atoms with van der Waals surface area (Å²) in [5, 5.41) is 0. The third-order valence-electron chi connectivity index (χ3n) is 3.10. The van der Waals surface area contributed by atoms with Crippen LogP contribution < -0.4 is 0 Å². The summed E-state index contributed by atoms with van der Waals surface area (Å²) < 4.78 is 15.9. The van der Waals surface area contributed by atoms with Gasteiger partial charge in [-0.15, -0.1) is 13.2 Å². The average molecular weight is 294 g/mol. The van der Waals surface area contributed by atoms with Gasteiger partial charge in [-0.2, -0.15) is 0 Å². The fraction of sp³-hybridized carbons (Fsp3) is 0.500. The van der Waals surface area contributed by atoms with E-state index in [1.807, 2.05) is 0 Å². The smallest absolute Gasteiger partial charge is 0.350 e. The topological polar surface area (TPSA) is 61.8 Å². The van der Waals surface area contributed by atoms with Crippen molar-refractivity contribution in [3.8, 4) is 0 Å². The normalized spacial score (nSPS) is 21.0. The molecule has 116 valence electrons. The molecule has 1 aliphatic rings. The van der Waals surface area contributed by atoms with Crippen molar-refractivity contribution in [2.24, 2.45) is 0 Å². The van der Waals surface area contributed by atoms with Crippen LogP contribution in [0.5, 0.6) is 0 Å². The molecule has 1 aliphatic heterocycles. The fourth-order valence-electron chi connectivity index (χ4n) is 2.05. The molecular formula is C16H22O5. The maximum atomic E-state index is 12.0. The molecule has 0 aromatic carbocycles. The molecule has 21 heavy (non-hydrogen) atoms. The standard InChI is InChI=1S/C16H22O5/c1-5-8-10-16(4)13(20-11-9-6-2)12(15(18)21-16)14(17)19-7-3/h5-6H,1-2,7-11H2,3-4H3/t16-/m1/s1. The van der Waals surface area contributed by atoms with E-state index >= 15 is 0 Å². The van der Waals surface area contributed by atoms with Crippen molar-refractivity contribution in [3.63, 3.8) is 0 Å². The molecular weight excluding hydrogens is 272 g/mol. The number of esters is 2. The molecule has 0 unspecified atom stereocenters. The minimum absolute atomic E-state index is 0.146. The molecule has 1 rings (SSSR count). The minimum atomic E-state index is -0.964. The van der Waals surface area contributed by atoms with E-state index in [-0.39, 0.29) is 17.9 Å². The quantitative estimate of drug-likeness (QED) is 0.283. The minimum Gasteiger partial charge on any atom is -0.492 e. The van der Waals surface area contributed by atoms with E-state index in [9.17, 15) is 9.59 Å². The highest BCUT2D eigenvalue weighted by Gasteiger charge is 2.48. The number of rotatable bonds is 9. The predicted molar refractivity (Wildman–Crippen MR) is 78.4 cm³/mol. The van der Waals surface area contributed by atoms with Crippen LogP contribution in [0.2, 0.25) is 0 Å². The molecule has 0 aromatic rings. The van der Waals surface area contributed by atoms with Gasteiger partial charge < -0.3 is 14.2 Å². The van der Waals surface area contributed by atoms with Crippen LogP contribution in [-0.2, 0) is 23.8 Å². The molecule has 1 atom stereocenters. The molecule has 0 saturated carbocycles. The zero-order valence-corrected chi connectivity index (χ0v) is 12.6. The zero-order chi connectivity index (χ0) is 15.9. The Balaban J connectivity index is 3.09. The molecule has 0 spiro atoms. The van der Waals surface area contributed by atoms with Crippen LogP contribution in [0.4, 0.5) is 0 Å². The van der Waals surface area contributed by atoms with Gasteiger partial charge in [0, 0.05) is 0 Å². The van der Waals surface area contributed by atoms with Crippen molar-refractivity contribution in [3.05, 3.63) is 36.6 Å². The number of allylic oxidation sites excluding steroid dienone is 1. The highest BCUT2D eigenvalue weighted by molar-refractivity contribution is 6.16. The Kier molecular flexibility index (Phi) is 6.21. The van der Waals surface area contributed by atoms with E-state index in [1.54, 1.807) is 26.0 Å². The Hall–Kier alpha value is -2.04. The number of cyclic esters (lactones) is 1. The summed E-state index contributed by atoms with van der Waals surface area (Å²) in [6, 6.07) is 0. The van der Waals surface area contributed by atoms with E-state index in [0.29, 0.717) is 25.9 Å².